The highest BCUT2D eigenvalue weighted by Crippen LogP contribution is 2.37. The van der Waals surface area contributed by atoms with Crippen LogP contribution >= 0.6 is 0 Å². The minimum atomic E-state index is -0.401. The second-order valence-corrected chi connectivity index (χ2v) is 10.4. The number of hydrogen-bond acceptors (Lipinski definition) is 5. The van der Waals surface area contributed by atoms with Crippen molar-refractivity contribution in [3.8, 4) is 33.9 Å². The largest absolute Gasteiger partial charge is 0.494 e. The molecule has 0 amide bonds. The molecule has 0 N–H and O–H groups in total. The molecule has 37 heavy (non-hydrogen) atoms. The molecule has 1 fully saturated rings. The van der Waals surface area contributed by atoms with E-state index in [4.69, 9.17) is 19.3 Å². The van der Waals surface area contributed by atoms with Gasteiger partial charge in [-0.2, -0.15) is 0 Å². The van der Waals surface area contributed by atoms with Crippen LogP contribution in [-0.2, 0) is 9.31 Å². The van der Waals surface area contributed by atoms with E-state index in [0.717, 1.165) is 44.4 Å². The molecular formula is C31H28BN3O2. The number of nitrogens with zero attached hydrogens (tertiary/aromatic N) is 3. The minimum absolute atomic E-state index is 0.378. The quantitative estimate of drug-likeness (QED) is 0.279. The fourth-order valence-electron chi connectivity index (χ4n) is 4.55. The molecule has 0 atom stereocenters. The van der Waals surface area contributed by atoms with Crippen molar-refractivity contribution in [2.75, 3.05) is 0 Å². The fourth-order valence-corrected chi connectivity index (χ4v) is 4.55. The summed E-state index contributed by atoms with van der Waals surface area (Å²) in [6, 6.07) is 30.6. The number of hydrogen-bond donors (Lipinski definition) is 0. The van der Waals surface area contributed by atoms with Crippen molar-refractivity contribution in [2.24, 2.45) is 0 Å². The zero-order valence-corrected chi connectivity index (χ0v) is 21.5. The summed E-state index contributed by atoms with van der Waals surface area (Å²) in [5.74, 6) is 0.678. The van der Waals surface area contributed by atoms with E-state index >= 15 is 0 Å². The second kappa shape index (κ2) is 8.91. The van der Waals surface area contributed by atoms with Gasteiger partial charge in [0.2, 0.25) is 0 Å². The van der Waals surface area contributed by atoms with Crippen molar-refractivity contribution in [1.29, 1.82) is 0 Å². The van der Waals surface area contributed by atoms with Gasteiger partial charge in [0.1, 0.15) is 0 Å². The third-order valence-electron chi connectivity index (χ3n) is 7.39. The predicted molar refractivity (Wildman–Crippen MR) is 149 cm³/mol. The highest BCUT2D eigenvalue weighted by Gasteiger charge is 2.51. The van der Waals surface area contributed by atoms with E-state index in [9.17, 15) is 0 Å². The molecule has 0 bridgehead atoms. The predicted octanol–water partition coefficient (Wildman–Crippen LogP) is 6.33. The molecule has 1 saturated heterocycles. The Morgan fingerprint density at radius 2 is 1.35 bits per heavy atom. The molecule has 5 aromatic rings. The summed E-state index contributed by atoms with van der Waals surface area (Å²) in [6.07, 6.45) is 1.81. The van der Waals surface area contributed by atoms with Crippen LogP contribution in [0.5, 0.6) is 0 Å². The summed E-state index contributed by atoms with van der Waals surface area (Å²) in [6.45, 7) is 8.26. The van der Waals surface area contributed by atoms with Crippen molar-refractivity contribution >= 4 is 23.5 Å². The maximum absolute atomic E-state index is 6.22. The smallest absolute Gasteiger partial charge is 0.399 e. The van der Waals surface area contributed by atoms with Crippen LogP contribution in [0.25, 0.3) is 44.8 Å². The Morgan fingerprint density at radius 3 is 2.08 bits per heavy atom. The van der Waals surface area contributed by atoms with Gasteiger partial charge in [-0.3, -0.25) is 4.98 Å². The third-order valence-corrected chi connectivity index (χ3v) is 7.39. The van der Waals surface area contributed by atoms with E-state index in [-0.39, 0.29) is 11.2 Å². The summed E-state index contributed by atoms with van der Waals surface area (Å²) in [5.41, 5.74) is 5.97. The number of pyridine rings is 1. The van der Waals surface area contributed by atoms with Gasteiger partial charge in [-0.15, -0.1) is 0 Å². The first-order chi connectivity index (χ1) is 17.8. The van der Waals surface area contributed by atoms with Gasteiger partial charge in [0.05, 0.1) is 28.1 Å². The highest BCUT2D eigenvalue weighted by molar-refractivity contribution is 6.62. The van der Waals surface area contributed by atoms with Gasteiger partial charge in [0, 0.05) is 28.3 Å². The molecular weight excluding hydrogens is 457 g/mol. The van der Waals surface area contributed by atoms with Crippen molar-refractivity contribution < 1.29 is 9.31 Å². The van der Waals surface area contributed by atoms with Gasteiger partial charge in [-0.05, 0) is 57.4 Å². The molecule has 0 aliphatic carbocycles. The maximum Gasteiger partial charge on any atom is 0.494 e. The summed E-state index contributed by atoms with van der Waals surface area (Å²) in [5, 5.41) is 1.01. The van der Waals surface area contributed by atoms with Crippen LogP contribution in [0.3, 0.4) is 0 Å². The van der Waals surface area contributed by atoms with Crippen LogP contribution in [0.1, 0.15) is 27.7 Å². The van der Waals surface area contributed by atoms with Gasteiger partial charge >= 0.3 is 7.12 Å². The molecule has 2 aromatic heterocycles. The van der Waals surface area contributed by atoms with Crippen molar-refractivity contribution in [1.82, 2.24) is 15.0 Å². The molecule has 182 valence electrons. The molecule has 0 radical (unpaired) electrons. The van der Waals surface area contributed by atoms with Gasteiger partial charge in [0.25, 0.3) is 0 Å². The maximum atomic E-state index is 6.22. The van der Waals surface area contributed by atoms with Gasteiger partial charge < -0.3 is 9.31 Å². The molecule has 1 aliphatic heterocycles. The first-order valence-electron chi connectivity index (χ1n) is 12.6. The molecule has 0 spiro atoms. The van der Waals surface area contributed by atoms with Crippen LogP contribution in [0.4, 0.5) is 0 Å². The molecule has 6 heteroatoms. The van der Waals surface area contributed by atoms with Gasteiger partial charge in [0.15, 0.2) is 5.82 Å². The summed E-state index contributed by atoms with van der Waals surface area (Å²) in [4.78, 5) is 14.5. The lowest BCUT2D eigenvalue weighted by Crippen LogP contribution is -2.41. The van der Waals surface area contributed by atoms with E-state index in [1.54, 1.807) is 0 Å². The topological polar surface area (TPSA) is 57.1 Å². The normalized spacial score (nSPS) is 16.3. The summed E-state index contributed by atoms with van der Waals surface area (Å²) in [7, 11) is -0.401. The van der Waals surface area contributed by atoms with Gasteiger partial charge in [-0.1, -0.05) is 66.7 Å². The standard InChI is InChI=1S/C31H28BN3O2/c1-30(2)31(3,4)37-32(36-30)24-17-15-21(16-18-24)29-34-27-14-6-5-12-25(27)28(35-29)23-11-9-10-22(20-23)26-13-7-8-19-33-26/h5-20H,1-4H3. The van der Waals surface area contributed by atoms with Crippen LogP contribution < -0.4 is 5.46 Å². The van der Waals surface area contributed by atoms with Crippen molar-refractivity contribution in [3.63, 3.8) is 0 Å². The number of fused-ring (bicyclic) bond motifs is 1. The fraction of sp³-hybridized carbons (Fsp3) is 0.194. The van der Waals surface area contributed by atoms with Gasteiger partial charge in [-0.25, -0.2) is 9.97 Å². The molecule has 0 unspecified atom stereocenters. The van der Waals surface area contributed by atoms with Crippen LogP contribution in [0, 0.1) is 0 Å². The summed E-state index contributed by atoms with van der Waals surface area (Å²) >= 11 is 0. The average Bonchev–Trinajstić information content (AvgIpc) is 3.15. The van der Waals surface area contributed by atoms with Crippen molar-refractivity contribution in [3.05, 3.63) is 97.2 Å². The van der Waals surface area contributed by atoms with Crippen LogP contribution in [-0.4, -0.2) is 33.3 Å². The Labute approximate surface area is 217 Å². The Morgan fingerprint density at radius 1 is 0.649 bits per heavy atom. The third kappa shape index (κ3) is 4.33. The number of para-hydroxylation sites is 1. The first kappa shape index (κ1) is 23.5. The van der Waals surface area contributed by atoms with Crippen LogP contribution in [0.2, 0.25) is 0 Å². The molecule has 3 aromatic carbocycles. The summed E-state index contributed by atoms with van der Waals surface area (Å²) < 4.78 is 12.4. The zero-order chi connectivity index (χ0) is 25.6. The number of rotatable bonds is 4. The van der Waals surface area contributed by atoms with E-state index in [2.05, 4.69) is 63.0 Å². The second-order valence-electron chi connectivity index (χ2n) is 10.4. The van der Waals surface area contributed by atoms with Crippen LogP contribution in [0.15, 0.2) is 97.2 Å². The number of benzene rings is 3. The molecule has 5 nitrogen and oxygen atoms in total. The molecule has 3 heterocycles. The molecule has 1 aliphatic rings. The van der Waals surface area contributed by atoms with E-state index < -0.39 is 7.12 Å². The monoisotopic (exact) mass is 485 g/mol. The zero-order valence-electron chi connectivity index (χ0n) is 21.5. The average molecular weight is 485 g/mol. The lowest BCUT2D eigenvalue weighted by atomic mass is 9.79. The van der Waals surface area contributed by atoms with E-state index in [1.165, 1.54) is 0 Å². The Bertz CT molecular complexity index is 1570. The first-order valence-corrected chi connectivity index (χ1v) is 12.6. The van der Waals surface area contributed by atoms with E-state index in [1.807, 2.05) is 66.9 Å². The Kier molecular flexibility index (Phi) is 5.66. The SMILES string of the molecule is CC1(C)OB(c2ccc(-c3nc(-c4cccc(-c5ccccn5)c4)c4ccccc4n3)cc2)OC1(C)C. The molecule has 0 saturated carbocycles. The van der Waals surface area contributed by atoms with Crippen molar-refractivity contribution in [2.45, 2.75) is 38.9 Å². The Balaban J connectivity index is 1.40. The lowest BCUT2D eigenvalue weighted by Gasteiger charge is -2.32. The van der Waals surface area contributed by atoms with E-state index in [0.29, 0.717) is 5.82 Å². The minimum Gasteiger partial charge on any atom is -0.399 e. The molecule has 6 rings (SSSR count). The Hall–Kier alpha value is -3.87. The highest BCUT2D eigenvalue weighted by atomic mass is 16.7. The number of aromatic nitrogens is 3. The lowest BCUT2D eigenvalue weighted by molar-refractivity contribution is 0.00578.